The summed E-state index contributed by atoms with van der Waals surface area (Å²) in [6, 6.07) is 5.12. The maximum absolute atomic E-state index is 11.2. The molecule has 1 aromatic carbocycles. The van der Waals surface area contributed by atoms with Gasteiger partial charge in [-0.15, -0.1) is 0 Å². The van der Waals surface area contributed by atoms with Gasteiger partial charge in [0, 0.05) is 12.3 Å². The Morgan fingerprint density at radius 1 is 1.26 bits per heavy atom. The second kappa shape index (κ2) is 6.74. The maximum atomic E-state index is 11.2. The minimum absolute atomic E-state index is 0.0657. The van der Waals surface area contributed by atoms with Crippen LogP contribution in [0.1, 0.15) is 18.0 Å². The van der Waals surface area contributed by atoms with Gasteiger partial charge in [0.1, 0.15) is 9.84 Å². The number of nitrogens with two attached hydrogens (primary N) is 1. The van der Waals surface area contributed by atoms with E-state index >= 15 is 0 Å². The minimum atomic E-state index is -3.02. The molecule has 3 N–H and O–H groups in total. The van der Waals surface area contributed by atoms with E-state index in [1.807, 2.05) is 6.07 Å². The van der Waals surface area contributed by atoms with Crippen LogP contribution >= 0.6 is 0 Å². The first-order chi connectivity index (χ1) is 8.91. The van der Waals surface area contributed by atoms with E-state index in [9.17, 15) is 8.42 Å². The van der Waals surface area contributed by atoms with E-state index in [-0.39, 0.29) is 11.8 Å². The first-order valence-corrected chi connectivity index (χ1v) is 7.83. The number of ether oxygens (including phenoxy) is 2. The van der Waals surface area contributed by atoms with Crippen molar-refractivity contribution in [2.24, 2.45) is 5.84 Å². The molecule has 0 heterocycles. The van der Waals surface area contributed by atoms with E-state index in [1.54, 1.807) is 26.4 Å². The Labute approximate surface area is 113 Å². The Balaban J connectivity index is 2.92. The molecule has 0 amide bonds. The third-order valence-electron chi connectivity index (χ3n) is 2.79. The topological polar surface area (TPSA) is 90.7 Å². The Morgan fingerprint density at radius 3 is 2.37 bits per heavy atom. The number of sulfone groups is 1. The summed E-state index contributed by atoms with van der Waals surface area (Å²) in [6.45, 7) is 0. The van der Waals surface area contributed by atoms with E-state index in [2.05, 4.69) is 5.43 Å². The average Bonchev–Trinajstić information content (AvgIpc) is 2.37. The van der Waals surface area contributed by atoms with E-state index in [0.29, 0.717) is 17.9 Å². The number of hydrogen-bond acceptors (Lipinski definition) is 6. The molecule has 6 nitrogen and oxygen atoms in total. The van der Waals surface area contributed by atoms with Crippen molar-refractivity contribution in [3.8, 4) is 11.5 Å². The van der Waals surface area contributed by atoms with Crippen LogP contribution in [0.2, 0.25) is 0 Å². The van der Waals surface area contributed by atoms with Crippen LogP contribution in [0.5, 0.6) is 11.5 Å². The van der Waals surface area contributed by atoms with Crippen molar-refractivity contribution >= 4 is 9.84 Å². The largest absolute Gasteiger partial charge is 0.493 e. The smallest absolute Gasteiger partial charge is 0.161 e. The Hall–Kier alpha value is -1.31. The third-order valence-corrected chi connectivity index (χ3v) is 3.77. The van der Waals surface area contributed by atoms with Crippen LogP contribution in [0.25, 0.3) is 0 Å². The molecule has 0 bridgehead atoms. The predicted octanol–water partition coefficient (Wildman–Crippen LogP) is 0.643. The molecule has 0 saturated carbocycles. The highest BCUT2D eigenvalue weighted by atomic mass is 32.2. The lowest BCUT2D eigenvalue weighted by molar-refractivity contribution is 0.353. The van der Waals surface area contributed by atoms with Crippen molar-refractivity contribution < 1.29 is 17.9 Å². The predicted molar refractivity (Wildman–Crippen MR) is 73.9 cm³/mol. The van der Waals surface area contributed by atoms with Crippen molar-refractivity contribution in [2.75, 3.05) is 26.2 Å². The molecule has 0 aliphatic heterocycles. The second-order valence-corrected chi connectivity index (χ2v) is 6.51. The molecular formula is C12H20N2O4S. The van der Waals surface area contributed by atoms with Gasteiger partial charge in [-0.05, 0) is 24.1 Å². The normalized spacial score (nSPS) is 13.1. The lowest BCUT2D eigenvalue weighted by Gasteiger charge is -2.17. The number of rotatable bonds is 7. The molecule has 1 unspecified atom stereocenters. The number of benzene rings is 1. The minimum Gasteiger partial charge on any atom is -0.493 e. The van der Waals surface area contributed by atoms with E-state index in [0.717, 1.165) is 5.56 Å². The maximum Gasteiger partial charge on any atom is 0.161 e. The van der Waals surface area contributed by atoms with Gasteiger partial charge in [-0.1, -0.05) is 6.07 Å². The third kappa shape index (κ3) is 4.70. The van der Waals surface area contributed by atoms with E-state index in [4.69, 9.17) is 15.3 Å². The highest BCUT2D eigenvalue weighted by Crippen LogP contribution is 2.30. The molecule has 0 spiro atoms. The Bertz CT molecular complexity index is 516. The fourth-order valence-corrected chi connectivity index (χ4v) is 2.41. The quantitative estimate of drug-likeness (QED) is 0.565. The lowest BCUT2D eigenvalue weighted by Crippen LogP contribution is -2.29. The standard InChI is InChI=1S/C12H20N2O4S/c1-17-11-5-4-9(8-12(11)18-2)10(14-13)6-7-19(3,15)16/h4-5,8,10,14H,6-7,13H2,1-3H3. The molecule has 108 valence electrons. The summed E-state index contributed by atoms with van der Waals surface area (Å²) < 4.78 is 32.7. The van der Waals surface area contributed by atoms with Crippen LogP contribution in [-0.4, -0.2) is 34.6 Å². The summed E-state index contributed by atoms with van der Waals surface area (Å²) in [6.07, 6.45) is 1.60. The highest BCUT2D eigenvalue weighted by molar-refractivity contribution is 7.90. The van der Waals surface area contributed by atoms with Crippen LogP contribution < -0.4 is 20.7 Å². The van der Waals surface area contributed by atoms with Crippen LogP contribution in [0, 0.1) is 0 Å². The zero-order valence-corrected chi connectivity index (χ0v) is 12.2. The molecule has 0 radical (unpaired) electrons. The first kappa shape index (κ1) is 15.7. The summed E-state index contributed by atoms with van der Waals surface area (Å²) in [5.74, 6) is 6.74. The molecule has 1 atom stereocenters. The van der Waals surface area contributed by atoms with Crippen molar-refractivity contribution in [3.05, 3.63) is 23.8 Å². The van der Waals surface area contributed by atoms with Crippen LogP contribution in [0.4, 0.5) is 0 Å². The average molecular weight is 288 g/mol. The van der Waals surface area contributed by atoms with Gasteiger partial charge in [-0.25, -0.2) is 8.42 Å². The summed E-state index contributed by atoms with van der Waals surface area (Å²) in [4.78, 5) is 0. The monoisotopic (exact) mass is 288 g/mol. The van der Waals surface area contributed by atoms with E-state index in [1.165, 1.54) is 6.26 Å². The first-order valence-electron chi connectivity index (χ1n) is 5.77. The zero-order chi connectivity index (χ0) is 14.5. The molecule has 7 heteroatoms. The lowest BCUT2D eigenvalue weighted by atomic mass is 10.0. The van der Waals surface area contributed by atoms with Crippen molar-refractivity contribution in [1.29, 1.82) is 0 Å². The fraction of sp³-hybridized carbons (Fsp3) is 0.500. The summed E-state index contributed by atoms with van der Waals surface area (Å²) in [5.41, 5.74) is 3.47. The van der Waals surface area contributed by atoms with Gasteiger partial charge in [0.25, 0.3) is 0 Å². The molecule has 0 fully saturated rings. The van der Waals surface area contributed by atoms with E-state index < -0.39 is 9.84 Å². The number of hydrogen-bond donors (Lipinski definition) is 2. The molecule has 19 heavy (non-hydrogen) atoms. The van der Waals surface area contributed by atoms with Gasteiger partial charge in [0.15, 0.2) is 11.5 Å². The number of methoxy groups -OCH3 is 2. The summed E-state index contributed by atoms with van der Waals surface area (Å²) in [7, 11) is 0.0828. The van der Waals surface area contributed by atoms with Crippen molar-refractivity contribution in [3.63, 3.8) is 0 Å². The Kier molecular flexibility index (Phi) is 5.59. The summed E-state index contributed by atoms with van der Waals surface area (Å²) >= 11 is 0. The molecule has 1 aromatic rings. The fourth-order valence-electron chi connectivity index (χ4n) is 1.75. The van der Waals surface area contributed by atoms with Gasteiger partial charge >= 0.3 is 0 Å². The van der Waals surface area contributed by atoms with Crippen molar-refractivity contribution in [2.45, 2.75) is 12.5 Å². The number of nitrogens with one attached hydrogen (secondary N) is 1. The van der Waals surface area contributed by atoms with Crippen LogP contribution in [0.3, 0.4) is 0 Å². The molecule has 0 aliphatic rings. The molecule has 0 aliphatic carbocycles. The van der Waals surface area contributed by atoms with Crippen LogP contribution in [-0.2, 0) is 9.84 Å². The van der Waals surface area contributed by atoms with Crippen molar-refractivity contribution in [1.82, 2.24) is 5.43 Å². The molecular weight excluding hydrogens is 268 g/mol. The second-order valence-electron chi connectivity index (χ2n) is 4.25. The number of hydrazine groups is 1. The van der Waals surface area contributed by atoms with Gasteiger partial charge in [-0.2, -0.15) is 0 Å². The van der Waals surface area contributed by atoms with Gasteiger partial charge in [0.05, 0.1) is 20.0 Å². The molecule has 1 rings (SSSR count). The van der Waals surface area contributed by atoms with Gasteiger partial charge < -0.3 is 9.47 Å². The molecule has 0 aromatic heterocycles. The highest BCUT2D eigenvalue weighted by Gasteiger charge is 2.15. The van der Waals surface area contributed by atoms with Crippen LogP contribution in [0.15, 0.2) is 18.2 Å². The molecule has 0 saturated heterocycles. The Morgan fingerprint density at radius 2 is 1.89 bits per heavy atom. The SMILES string of the molecule is COc1ccc(C(CCS(C)(=O)=O)NN)cc1OC. The van der Waals surface area contributed by atoms with Gasteiger partial charge in [0.2, 0.25) is 0 Å². The van der Waals surface area contributed by atoms with Gasteiger partial charge in [-0.3, -0.25) is 11.3 Å². The summed E-state index contributed by atoms with van der Waals surface area (Å²) in [5, 5.41) is 0. The zero-order valence-electron chi connectivity index (χ0n) is 11.3.